The molecule has 21 heavy (non-hydrogen) atoms. The number of nitrogens with two attached hydrogens (primary N) is 1. The number of carbonyl (C=O) groups excluding carboxylic acids is 1. The summed E-state index contributed by atoms with van der Waals surface area (Å²) in [6.07, 6.45) is 4.09. The highest BCUT2D eigenvalue weighted by Crippen LogP contribution is 2.11. The van der Waals surface area contributed by atoms with Crippen LogP contribution in [0.3, 0.4) is 0 Å². The first kappa shape index (κ1) is 14.0. The van der Waals surface area contributed by atoms with Crippen LogP contribution < -0.4 is 5.73 Å². The van der Waals surface area contributed by atoms with Gasteiger partial charge in [0.2, 0.25) is 5.91 Å². The smallest absolute Gasteiger partial charge is 0.234 e. The zero-order valence-corrected chi connectivity index (χ0v) is 12.3. The number of hydrogen-bond acceptors (Lipinski definition) is 4. The van der Waals surface area contributed by atoms with Crippen molar-refractivity contribution >= 4 is 11.6 Å². The van der Waals surface area contributed by atoms with Gasteiger partial charge in [0, 0.05) is 45.1 Å². The fraction of sp³-hybridized carbons (Fsp3) is 0.467. The minimum atomic E-state index is -0.246. The minimum absolute atomic E-state index is 0.178. The Bertz CT molecular complexity index is 597. The molecule has 1 amide bonds. The monoisotopic (exact) mass is 287 g/mol. The quantitative estimate of drug-likeness (QED) is 0.880. The molecule has 1 atom stereocenters. The third-order valence-corrected chi connectivity index (χ3v) is 4.17. The van der Waals surface area contributed by atoms with Crippen LogP contribution in [0.4, 0.5) is 0 Å². The number of primary amides is 1. The molecule has 6 heteroatoms. The van der Waals surface area contributed by atoms with Crippen LogP contribution in [0.1, 0.15) is 12.6 Å². The van der Waals surface area contributed by atoms with Gasteiger partial charge in [0.15, 0.2) is 0 Å². The van der Waals surface area contributed by atoms with Gasteiger partial charge in [-0.2, -0.15) is 0 Å². The number of imidazole rings is 1. The van der Waals surface area contributed by atoms with Gasteiger partial charge in [0.1, 0.15) is 5.65 Å². The lowest BCUT2D eigenvalue weighted by Gasteiger charge is -2.36. The molecule has 1 fully saturated rings. The van der Waals surface area contributed by atoms with Gasteiger partial charge in [-0.15, -0.1) is 0 Å². The predicted molar refractivity (Wildman–Crippen MR) is 80.7 cm³/mol. The number of pyridine rings is 1. The molecule has 1 unspecified atom stereocenters. The molecule has 3 rings (SSSR count). The Kier molecular flexibility index (Phi) is 3.90. The summed E-state index contributed by atoms with van der Waals surface area (Å²) in [5.74, 6) is -0.246. The highest BCUT2D eigenvalue weighted by atomic mass is 16.1. The molecular weight excluding hydrogens is 266 g/mol. The maximum absolute atomic E-state index is 11.2. The molecule has 0 saturated carbocycles. The summed E-state index contributed by atoms with van der Waals surface area (Å²) >= 11 is 0. The minimum Gasteiger partial charge on any atom is -0.368 e. The second-order valence-corrected chi connectivity index (χ2v) is 5.59. The van der Waals surface area contributed by atoms with Gasteiger partial charge < -0.3 is 10.1 Å². The molecule has 1 aliphatic rings. The van der Waals surface area contributed by atoms with Gasteiger partial charge >= 0.3 is 0 Å². The first-order valence-corrected chi connectivity index (χ1v) is 7.32. The molecule has 6 nitrogen and oxygen atoms in total. The van der Waals surface area contributed by atoms with E-state index in [2.05, 4.69) is 21.0 Å². The van der Waals surface area contributed by atoms with Crippen molar-refractivity contribution in [1.82, 2.24) is 19.2 Å². The Morgan fingerprint density at radius 3 is 2.76 bits per heavy atom. The van der Waals surface area contributed by atoms with E-state index in [1.54, 1.807) is 0 Å². The molecule has 0 radical (unpaired) electrons. The summed E-state index contributed by atoms with van der Waals surface area (Å²) in [5, 5.41) is 0. The molecule has 3 heterocycles. The third-order valence-electron chi connectivity index (χ3n) is 4.17. The van der Waals surface area contributed by atoms with Crippen molar-refractivity contribution in [2.45, 2.75) is 19.5 Å². The predicted octanol–water partition coefficient (Wildman–Crippen LogP) is 0.326. The van der Waals surface area contributed by atoms with Gasteiger partial charge in [0.05, 0.1) is 11.7 Å². The van der Waals surface area contributed by atoms with Crippen molar-refractivity contribution in [3.63, 3.8) is 0 Å². The van der Waals surface area contributed by atoms with Gasteiger partial charge in [-0.1, -0.05) is 6.07 Å². The lowest BCUT2D eigenvalue weighted by molar-refractivity contribution is -0.123. The highest BCUT2D eigenvalue weighted by molar-refractivity contribution is 5.79. The average Bonchev–Trinajstić information content (AvgIpc) is 2.89. The lowest BCUT2D eigenvalue weighted by atomic mass is 10.2. The molecule has 112 valence electrons. The number of amides is 1. The summed E-state index contributed by atoms with van der Waals surface area (Å²) in [7, 11) is 0. The highest BCUT2D eigenvalue weighted by Gasteiger charge is 2.24. The molecule has 2 N–H and O–H groups in total. The molecule has 0 bridgehead atoms. The number of hydrogen-bond donors (Lipinski definition) is 1. The van der Waals surface area contributed by atoms with Crippen LogP contribution in [0.15, 0.2) is 30.6 Å². The molecule has 0 aliphatic carbocycles. The van der Waals surface area contributed by atoms with Gasteiger partial charge in [-0.3, -0.25) is 14.6 Å². The average molecular weight is 287 g/mol. The zero-order valence-electron chi connectivity index (χ0n) is 12.3. The van der Waals surface area contributed by atoms with Crippen molar-refractivity contribution < 1.29 is 4.79 Å². The fourth-order valence-electron chi connectivity index (χ4n) is 2.78. The Morgan fingerprint density at radius 2 is 2.10 bits per heavy atom. The van der Waals surface area contributed by atoms with E-state index in [0.29, 0.717) is 0 Å². The van der Waals surface area contributed by atoms with Crippen LogP contribution >= 0.6 is 0 Å². The van der Waals surface area contributed by atoms with Crippen LogP contribution in [0.25, 0.3) is 5.65 Å². The Labute approximate surface area is 124 Å². The normalized spacial score (nSPS) is 18.9. The molecule has 0 aromatic carbocycles. The topological polar surface area (TPSA) is 66.9 Å². The van der Waals surface area contributed by atoms with E-state index in [1.165, 1.54) is 0 Å². The largest absolute Gasteiger partial charge is 0.368 e. The van der Waals surface area contributed by atoms with Gasteiger partial charge in [0.25, 0.3) is 0 Å². The Hall–Kier alpha value is -1.92. The van der Waals surface area contributed by atoms with Crippen LogP contribution in [0.2, 0.25) is 0 Å². The van der Waals surface area contributed by atoms with E-state index in [0.717, 1.165) is 44.1 Å². The first-order chi connectivity index (χ1) is 10.1. The SMILES string of the molecule is CC(C(N)=O)N1CCN(Cc2cn3ccccc3n2)CC1. The van der Waals surface area contributed by atoms with E-state index in [4.69, 9.17) is 5.73 Å². The Morgan fingerprint density at radius 1 is 1.33 bits per heavy atom. The first-order valence-electron chi connectivity index (χ1n) is 7.32. The van der Waals surface area contributed by atoms with Crippen molar-refractivity contribution in [2.24, 2.45) is 5.73 Å². The van der Waals surface area contributed by atoms with Crippen LogP contribution in [0.5, 0.6) is 0 Å². The fourth-order valence-corrected chi connectivity index (χ4v) is 2.78. The van der Waals surface area contributed by atoms with Crippen molar-refractivity contribution in [2.75, 3.05) is 26.2 Å². The van der Waals surface area contributed by atoms with Crippen molar-refractivity contribution in [3.05, 3.63) is 36.3 Å². The van der Waals surface area contributed by atoms with Crippen molar-refractivity contribution in [1.29, 1.82) is 0 Å². The maximum atomic E-state index is 11.2. The van der Waals surface area contributed by atoms with Crippen molar-refractivity contribution in [3.8, 4) is 0 Å². The van der Waals surface area contributed by atoms with E-state index < -0.39 is 0 Å². The molecule has 1 saturated heterocycles. The van der Waals surface area contributed by atoms with Crippen LogP contribution in [0, 0.1) is 0 Å². The Balaban J connectivity index is 1.59. The molecular formula is C15H21N5O. The molecule has 2 aromatic heterocycles. The number of aromatic nitrogens is 2. The third kappa shape index (κ3) is 3.06. The summed E-state index contributed by atoms with van der Waals surface area (Å²) in [4.78, 5) is 20.4. The van der Waals surface area contributed by atoms with Crippen LogP contribution in [-0.2, 0) is 11.3 Å². The summed E-state index contributed by atoms with van der Waals surface area (Å²) in [6.45, 7) is 6.34. The van der Waals surface area contributed by atoms with E-state index in [9.17, 15) is 4.79 Å². The van der Waals surface area contributed by atoms with E-state index in [-0.39, 0.29) is 11.9 Å². The number of rotatable bonds is 4. The standard InChI is InChI=1S/C15H21N5O/c1-12(15(16)21)19-8-6-18(7-9-19)10-13-11-20-5-3-2-4-14(20)17-13/h2-5,11-12H,6-10H2,1H3,(H2,16,21). The second kappa shape index (κ2) is 5.83. The summed E-state index contributed by atoms with van der Waals surface area (Å²) in [6, 6.07) is 5.83. The van der Waals surface area contributed by atoms with Crippen LogP contribution in [-0.4, -0.2) is 57.3 Å². The molecule has 1 aliphatic heterocycles. The number of fused-ring (bicyclic) bond motifs is 1. The summed E-state index contributed by atoms with van der Waals surface area (Å²) in [5.41, 5.74) is 7.42. The van der Waals surface area contributed by atoms with Gasteiger partial charge in [-0.25, -0.2) is 4.98 Å². The zero-order chi connectivity index (χ0) is 14.8. The maximum Gasteiger partial charge on any atom is 0.234 e. The molecule has 2 aromatic rings. The molecule has 0 spiro atoms. The number of piperazine rings is 1. The van der Waals surface area contributed by atoms with Gasteiger partial charge in [-0.05, 0) is 19.1 Å². The number of nitrogens with zero attached hydrogens (tertiary/aromatic N) is 4. The summed E-state index contributed by atoms with van der Waals surface area (Å²) < 4.78 is 2.04. The number of carbonyl (C=O) groups is 1. The van der Waals surface area contributed by atoms with E-state index >= 15 is 0 Å². The lowest BCUT2D eigenvalue weighted by Crippen LogP contribution is -2.52. The second-order valence-electron chi connectivity index (χ2n) is 5.59. The van der Waals surface area contributed by atoms with E-state index in [1.807, 2.05) is 35.7 Å².